The van der Waals surface area contributed by atoms with Crippen LogP contribution >= 0.6 is 0 Å². The zero-order chi connectivity index (χ0) is 52.4. The standard InChI is InChI=1S/C61H106O11/c1-9-17-25-33-41-65-54-49(55(66-42-34-26-18-10-2)59(70-46-38-30-22-14-6)52(63)58(54)69-45-37-29-21-13-5)51(62)50-56(67-43-35-27-19-11-3)60(71-47-39-31-23-15-7)53(64)61(72-48-40-32-24-16-8)57(50)68-44-36-28-20-12-4/h63-64H,9-48H2,1-8H3. The Morgan fingerprint density at radius 3 is 0.556 bits per heavy atom. The molecule has 2 aromatic rings. The third-order valence-corrected chi connectivity index (χ3v) is 13.0. The molecule has 0 bridgehead atoms. The summed E-state index contributed by atoms with van der Waals surface area (Å²) in [6.07, 6.45) is 30.2. The van der Waals surface area contributed by atoms with Gasteiger partial charge >= 0.3 is 0 Å². The Balaban J connectivity index is 3.31. The van der Waals surface area contributed by atoms with E-state index in [1.807, 2.05) is 0 Å². The topological polar surface area (TPSA) is 131 Å². The zero-order valence-electron chi connectivity index (χ0n) is 47.4. The average Bonchev–Trinajstić information content (AvgIpc) is 3.38. The highest BCUT2D eigenvalue weighted by Crippen LogP contribution is 2.58. The van der Waals surface area contributed by atoms with Crippen molar-refractivity contribution in [3.8, 4) is 57.5 Å². The van der Waals surface area contributed by atoms with Crippen LogP contribution in [0.3, 0.4) is 0 Å². The molecule has 0 aromatic heterocycles. The summed E-state index contributed by atoms with van der Waals surface area (Å²) in [6, 6.07) is 0. The molecule has 0 aliphatic heterocycles. The molecule has 0 heterocycles. The smallest absolute Gasteiger partial charge is 0.208 e. The fourth-order valence-corrected chi connectivity index (χ4v) is 8.55. The Morgan fingerprint density at radius 1 is 0.250 bits per heavy atom. The van der Waals surface area contributed by atoms with Crippen molar-refractivity contribution in [3.63, 3.8) is 0 Å². The summed E-state index contributed by atoms with van der Waals surface area (Å²) in [4.78, 5) is 16.7. The van der Waals surface area contributed by atoms with E-state index in [9.17, 15) is 10.2 Å². The van der Waals surface area contributed by atoms with Crippen LogP contribution in [0.4, 0.5) is 0 Å². The van der Waals surface area contributed by atoms with E-state index in [1.54, 1.807) is 0 Å². The Hall–Kier alpha value is -3.89. The molecule has 0 aliphatic rings. The third-order valence-electron chi connectivity index (χ3n) is 13.0. The quantitative estimate of drug-likeness (QED) is 0.0485. The van der Waals surface area contributed by atoms with Gasteiger partial charge in [0.05, 0.1) is 52.9 Å². The highest BCUT2D eigenvalue weighted by Gasteiger charge is 2.40. The highest BCUT2D eigenvalue weighted by molar-refractivity contribution is 6.18. The number of hydrogen-bond acceptors (Lipinski definition) is 11. The first kappa shape index (κ1) is 64.2. The van der Waals surface area contributed by atoms with Crippen molar-refractivity contribution in [1.82, 2.24) is 0 Å². The van der Waals surface area contributed by atoms with Gasteiger partial charge in [-0.1, -0.05) is 209 Å². The first-order valence-corrected chi connectivity index (χ1v) is 29.8. The van der Waals surface area contributed by atoms with Crippen molar-refractivity contribution in [2.45, 2.75) is 261 Å². The Bertz CT molecular complexity index is 1450. The number of rotatable bonds is 50. The van der Waals surface area contributed by atoms with E-state index in [4.69, 9.17) is 37.9 Å². The van der Waals surface area contributed by atoms with Crippen molar-refractivity contribution in [1.29, 1.82) is 0 Å². The molecule has 0 saturated heterocycles. The van der Waals surface area contributed by atoms with Crippen LogP contribution in [0.1, 0.15) is 277 Å². The molecule has 0 radical (unpaired) electrons. The number of ketones is 1. The second-order valence-electron chi connectivity index (χ2n) is 19.7. The first-order valence-electron chi connectivity index (χ1n) is 29.8. The summed E-state index contributed by atoms with van der Waals surface area (Å²) in [7, 11) is 0. The zero-order valence-corrected chi connectivity index (χ0v) is 47.4. The van der Waals surface area contributed by atoms with Crippen LogP contribution in [0.15, 0.2) is 0 Å². The number of benzene rings is 2. The van der Waals surface area contributed by atoms with Crippen LogP contribution in [0.25, 0.3) is 0 Å². The van der Waals surface area contributed by atoms with Gasteiger partial charge < -0.3 is 48.1 Å². The molecule has 0 aliphatic carbocycles. The minimum atomic E-state index is -0.549. The maximum absolute atomic E-state index is 16.7. The molecule has 0 fully saturated rings. The number of hydrogen-bond donors (Lipinski definition) is 2. The normalized spacial score (nSPS) is 11.2. The van der Waals surface area contributed by atoms with E-state index >= 15 is 4.79 Å². The summed E-state index contributed by atoms with van der Waals surface area (Å²) in [6.45, 7) is 19.6. The maximum Gasteiger partial charge on any atom is 0.208 e. The van der Waals surface area contributed by atoms with Crippen molar-refractivity contribution in [2.24, 2.45) is 0 Å². The van der Waals surface area contributed by atoms with Gasteiger partial charge in [0.25, 0.3) is 0 Å². The van der Waals surface area contributed by atoms with E-state index in [0.29, 0.717) is 26.4 Å². The van der Waals surface area contributed by atoms with E-state index in [1.165, 1.54) is 0 Å². The second-order valence-corrected chi connectivity index (χ2v) is 19.7. The lowest BCUT2D eigenvalue weighted by Crippen LogP contribution is -2.18. The summed E-state index contributed by atoms with van der Waals surface area (Å²) in [5.41, 5.74) is 0.0945. The van der Waals surface area contributed by atoms with Crippen LogP contribution < -0.4 is 37.9 Å². The minimum Gasteiger partial charge on any atom is -0.501 e. The molecule has 0 spiro atoms. The van der Waals surface area contributed by atoms with Crippen LogP contribution in [-0.4, -0.2) is 68.9 Å². The number of carbonyl (C=O) groups excluding carboxylic acids is 1. The van der Waals surface area contributed by atoms with Gasteiger partial charge in [0, 0.05) is 0 Å². The van der Waals surface area contributed by atoms with E-state index < -0.39 is 5.78 Å². The Labute approximate surface area is 439 Å². The lowest BCUT2D eigenvalue weighted by Gasteiger charge is -2.26. The maximum atomic E-state index is 16.7. The van der Waals surface area contributed by atoms with E-state index in [0.717, 1.165) is 205 Å². The fourth-order valence-electron chi connectivity index (χ4n) is 8.55. The Morgan fingerprint density at radius 2 is 0.403 bits per heavy atom. The van der Waals surface area contributed by atoms with Crippen LogP contribution in [-0.2, 0) is 0 Å². The van der Waals surface area contributed by atoms with Crippen LogP contribution in [0.2, 0.25) is 0 Å². The molecule has 416 valence electrons. The van der Waals surface area contributed by atoms with Gasteiger partial charge in [-0.05, 0) is 51.4 Å². The number of unbranched alkanes of at least 4 members (excludes halogenated alkanes) is 24. The molecule has 2 rings (SSSR count). The average molecular weight is 1020 g/mol. The summed E-state index contributed by atoms with van der Waals surface area (Å²) < 4.78 is 53.6. The monoisotopic (exact) mass is 1010 g/mol. The fraction of sp³-hybridized carbons (Fsp3) is 0.787. The number of ether oxygens (including phenoxy) is 8. The molecule has 11 heteroatoms. The van der Waals surface area contributed by atoms with Gasteiger partial charge in [-0.15, -0.1) is 0 Å². The first-order chi connectivity index (χ1) is 35.3. The van der Waals surface area contributed by atoms with Gasteiger partial charge in [-0.3, -0.25) is 4.79 Å². The molecule has 11 nitrogen and oxygen atoms in total. The van der Waals surface area contributed by atoms with E-state index in [-0.39, 0.29) is 95.0 Å². The molecule has 0 amide bonds. The molecule has 0 atom stereocenters. The molecule has 2 aromatic carbocycles. The van der Waals surface area contributed by atoms with Crippen molar-refractivity contribution < 1.29 is 52.9 Å². The van der Waals surface area contributed by atoms with Gasteiger partial charge in [0.15, 0.2) is 23.0 Å². The number of carbonyl (C=O) groups is 1. The predicted molar refractivity (Wildman–Crippen MR) is 297 cm³/mol. The lowest BCUT2D eigenvalue weighted by atomic mass is 9.96. The van der Waals surface area contributed by atoms with Crippen LogP contribution in [0.5, 0.6) is 57.5 Å². The van der Waals surface area contributed by atoms with Gasteiger partial charge in [-0.25, -0.2) is 0 Å². The summed E-state index contributed by atoms with van der Waals surface area (Å²) in [5, 5.41) is 25.0. The number of phenolic OH excluding ortho intramolecular Hbond substituents is 2. The van der Waals surface area contributed by atoms with Crippen molar-refractivity contribution in [2.75, 3.05) is 52.9 Å². The molecule has 0 saturated carbocycles. The van der Waals surface area contributed by atoms with Crippen molar-refractivity contribution in [3.05, 3.63) is 11.1 Å². The van der Waals surface area contributed by atoms with Gasteiger partial charge in [0.2, 0.25) is 40.3 Å². The van der Waals surface area contributed by atoms with Gasteiger partial charge in [0.1, 0.15) is 11.1 Å². The third kappa shape index (κ3) is 24.0. The predicted octanol–water partition coefficient (Wildman–Crippen LogP) is 18.0. The highest BCUT2D eigenvalue weighted by atomic mass is 16.6. The van der Waals surface area contributed by atoms with E-state index in [2.05, 4.69) is 55.4 Å². The largest absolute Gasteiger partial charge is 0.501 e. The molecular formula is C61H106O11. The molecular weight excluding hydrogens is 909 g/mol. The minimum absolute atomic E-state index is 0.0473. The lowest BCUT2D eigenvalue weighted by molar-refractivity contribution is 0.101. The SMILES string of the molecule is CCCCCCOc1c(O)c(OCCCCCC)c(OCCCCCC)c(C(=O)c2c(OCCCCCC)c(OCCCCCC)c(O)c(OCCCCCC)c2OCCCCCC)c1OCCCCCC. The molecule has 0 unspecified atom stereocenters. The summed E-state index contributed by atoms with van der Waals surface area (Å²) in [5.74, 6) is -0.484. The number of aromatic hydroxyl groups is 2. The Kier molecular flexibility index (Phi) is 37.9. The van der Waals surface area contributed by atoms with Crippen LogP contribution in [0, 0.1) is 0 Å². The molecule has 2 N–H and O–H groups in total. The van der Waals surface area contributed by atoms with Gasteiger partial charge in [-0.2, -0.15) is 0 Å². The second kappa shape index (κ2) is 42.5. The van der Waals surface area contributed by atoms with Crippen molar-refractivity contribution >= 4 is 5.78 Å². The number of phenols is 2. The molecule has 72 heavy (non-hydrogen) atoms. The summed E-state index contributed by atoms with van der Waals surface area (Å²) >= 11 is 0.